The van der Waals surface area contributed by atoms with Crippen LogP contribution in [0.1, 0.15) is 70.2 Å². The van der Waals surface area contributed by atoms with E-state index >= 15 is 0 Å². The van der Waals surface area contributed by atoms with Gasteiger partial charge < -0.3 is 33.2 Å². The number of aromatic hydroxyl groups is 1. The minimum Gasteiger partial charge on any atom is -0.508 e. The predicted octanol–water partition coefficient (Wildman–Crippen LogP) is 9.60. The highest BCUT2D eigenvalue weighted by Crippen LogP contribution is 2.38. The minimum atomic E-state index is -0.120. The predicted molar refractivity (Wildman–Crippen MR) is 182 cm³/mol. The molecule has 3 unspecified atom stereocenters. The molecule has 3 aliphatic heterocycles. The first-order valence-electron chi connectivity index (χ1n) is 17.0. The Hall–Kier alpha value is -4.04. The summed E-state index contributed by atoms with van der Waals surface area (Å²) in [5, 5.41) is 14.7. The molecule has 3 fully saturated rings. The second-order valence-electron chi connectivity index (χ2n) is 12.7. The summed E-state index contributed by atoms with van der Waals surface area (Å²) in [5.74, 6) is 1.18. The Morgan fingerprint density at radius 1 is 0.522 bits per heavy atom. The fourth-order valence-electron chi connectivity index (χ4n) is 7.47. The number of rotatable bonds is 4. The highest BCUT2D eigenvalue weighted by Gasteiger charge is 2.23. The molecule has 1 N–H and O–H groups in total. The molecule has 2 aromatic heterocycles. The summed E-state index contributed by atoms with van der Waals surface area (Å²) in [6.45, 7) is 2.45. The summed E-state index contributed by atoms with van der Waals surface area (Å²) < 4.78 is 28.6. The molecule has 4 aromatic carbocycles. The second-order valence-corrected chi connectivity index (χ2v) is 12.7. The first-order chi connectivity index (χ1) is 22.7. The molecular weight excluding hydrogens is 576 g/mol. The Bertz CT molecular complexity index is 1960. The molecule has 0 aliphatic carbocycles. The Morgan fingerprint density at radius 2 is 1.04 bits per heavy atom. The van der Waals surface area contributed by atoms with Gasteiger partial charge in [-0.2, -0.15) is 0 Å². The number of nitrogens with zero attached hydrogens (tertiary/aromatic N) is 2. The molecule has 238 valence electrons. The molecule has 3 saturated heterocycles. The molecule has 6 aromatic rings. The molecule has 7 heteroatoms. The standard InChI is InChI=1S/C22H25NO3.C17H17NO2/c1-2-8-19-17(7-1)18-12-11-16(26-22-10-4-6-14-25-22)15-20(18)23(19)21-9-3-5-13-24-21;19-12-8-9-14-13-5-1-2-6-15(13)18(16(14)11-12)17-7-3-4-10-20-17/h1-2,7-8,11-12,15,21-22H,3-6,9-10,13-14H2;1-2,5-6,8-9,11,17,19H,3-4,7,10H2. The van der Waals surface area contributed by atoms with Gasteiger partial charge in [-0.25, -0.2) is 0 Å². The van der Waals surface area contributed by atoms with Gasteiger partial charge in [0.15, 0.2) is 6.29 Å². The molecule has 3 aliphatic rings. The van der Waals surface area contributed by atoms with Gasteiger partial charge >= 0.3 is 0 Å². The van der Waals surface area contributed by atoms with Crippen molar-refractivity contribution < 1.29 is 24.1 Å². The third-order valence-electron chi connectivity index (χ3n) is 9.67. The highest BCUT2D eigenvalue weighted by molar-refractivity contribution is 6.09. The fourth-order valence-corrected chi connectivity index (χ4v) is 7.47. The van der Waals surface area contributed by atoms with E-state index in [2.05, 4.69) is 75.9 Å². The lowest BCUT2D eigenvalue weighted by Crippen LogP contribution is -2.25. The molecule has 5 heterocycles. The fraction of sp³-hybridized carbons (Fsp3) is 0.385. The van der Waals surface area contributed by atoms with Crippen molar-refractivity contribution in [1.82, 2.24) is 9.13 Å². The van der Waals surface area contributed by atoms with E-state index in [9.17, 15) is 5.11 Å². The third-order valence-corrected chi connectivity index (χ3v) is 9.67. The number of fused-ring (bicyclic) bond motifs is 6. The molecule has 0 radical (unpaired) electrons. The van der Waals surface area contributed by atoms with Gasteiger partial charge in [0.25, 0.3) is 0 Å². The van der Waals surface area contributed by atoms with Crippen LogP contribution in [0.15, 0.2) is 84.9 Å². The van der Waals surface area contributed by atoms with Crippen molar-refractivity contribution in [2.45, 2.75) is 76.5 Å². The zero-order valence-corrected chi connectivity index (χ0v) is 26.3. The first-order valence-corrected chi connectivity index (χ1v) is 17.0. The Morgan fingerprint density at radius 3 is 1.61 bits per heavy atom. The van der Waals surface area contributed by atoms with Gasteiger partial charge in [0, 0.05) is 53.3 Å². The van der Waals surface area contributed by atoms with Crippen LogP contribution in [0, 0.1) is 0 Å². The molecule has 9 rings (SSSR count). The van der Waals surface area contributed by atoms with E-state index in [4.69, 9.17) is 18.9 Å². The number of ether oxygens (including phenoxy) is 4. The van der Waals surface area contributed by atoms with Crippen LogP contribution in [0.5, 0.6) is 11.5 Å². The van der Waals surface area contributed by atoms with Gasteiger partial charge in [-0.3, -0.25) is 0 Å². The maximum Gasteiger partial charge on any atom is 0.199 e. The maximum absolute atomic E-state index is 9.82. The van der Waals surface area contributed by atoms with Gasteiger partial charge in [0.1, 0.15) is 24.0 Å². The van der Waals surface area contributed by atoms with E-state index in [0.717, 1.165) is 69.6 Å². The monoisotopic (exact) mass is 618 g/mol. The van der Waals surface area contributed by atoms with Gasteiger partial charge in [0.05, 0.1) is 28.7 Å². The van der Waals surface area contributed by atoms with Gasteiger partial charge in [-0.1, -0.05) is 36.4 Å². The van der Waals surface area contributed by atoms with Crippen LogP contribution >= 0.6 is 0 Å². The van der Waals surface area contributed by atoms with E-state index in [0.29, 0.717) is 5.75 Å². The van der Waals surface area contributed by atoms with E-state index in [1.54, 1.807) is 6.07 Å². The van der Waals surface area contributed by atoms with Crippen LogP contribution in [0.2, 0.25) is 0 Å². The van der Waals surface area contributed by atoms with Gasteiger partial charge in [0.2, 0.25) is 0 Å². The number of hydrogen-bond donors (Lipinski definition) is 1. The molecule has 7 nitrogen and oxygen atoms in total. The first kappa shape index (κ1) is 29.4. The number of aromatic nitrogens is 2. The topological polar surface area (TPSA) is 67.0 Å². The number of phenols is 1. The number of para-hydroxylation sites is 2. The van der Waals surface area contributed by atoms with Crippen molar-refractivity contribution in [2.24, 2.45) is 0 Å². The van der Waals surface area contributed by atoms with E-state index in [1.807, 2.05) is 12.1 Å². The lowest BCUT2D eigenvalue weighted by atomic mass is 10.1. The summed E-state index contributed by atoms with van der Waals surface area (Å²) in [5.41, 5.74) is 4.66. The van der Waals surface area contributed by atoms with Crippen molar-refractivity contribution in [3.8, 4) is 11.5 Å². The van der Waals surface area contributed by atoms with E-state index < -0.39 is 0 Å². The van der Waals surface area contributed by atoms with E-state index in [-0.39, 0.29) is 18.7 Å². The Labute approximate surface area is 269 Å². The van der Waals surface area contributed by atoms with Crippen LogP contribution in [-0.4, -0.2) is 40.4 Å². The normalized spacial score (nSPS) is 22.2. The molecule has 0 spiro atoms. The third kappa shape index (κ3) is 5.61. The van der Waals surface area contributed by atoms with Crippen LogP contribution in [0.3, 0.4) is 0 Å². The van der Waals surface area contributed by atoms with Crippen molar-refractivity contribution in [2.75, 3.05) is 19.8 Å². The molecule has 0 bridgehead atoms. The zero-order chi connectivity index (χ0) is 30.9. The molecular formula is C39H42N2O5. The second kappa shape index (κ2) is 13.0. The summed E-state index contributed by atoms with van der Waals surface area (Å²) in [4.78, 5) is 0. The Kier molecular flexibility index (Phi) is 8.29. The Balaban J connectivity index is 0.000000140. The van der Waals surface area contributed by atoms with E-state index in [1.165, 1.54) is 57.4 Å². The van der Waals surface area contributed by atoms with Crippen LogP contribution in [0.25, 0.3) is 43.6 Å². The molecule has 46 heavy (non-hydrogen) atoms. The average molecular weight is 619 g/mol. The summed E-state index contributed by atoms with van der Waals surface area (Å²) in [7, 11) is 0. The summed E-state index contributed by atoms with van der Waals surface area (Å²) in [6, 6.07) is 29.0. The molecule has 3 atom stereocenters. The molecule has 0 amide bonds. The van der Waals surface area contributed by atoms with Crippen molar-refractivity contribution in [3.05, 3.63) is 84.9 Å². The lowest BCUT2D eigenvalue weighted by molar-refractivity contribution is -0.105. The summed E-state index contributed by atoms with van der Waals surface area (Å²) >= 11 is 0. The maximum atomic E-state index is 9.82. The number of benzene rings is 4. The van der Waals surface area contributed by atoms with Crippen molar-refractivity contribution in [3.63, 3.8) is 0 Å². The quantitative estimate of drug-likeness (QED) is 0.213. The van der Waals surface area contributed by atoms with Crippen LogP contribution in [0.4, 0.5) is 0 Å². The van der Waals surface area contributed by atoms with Gasteiger partial charge in [-0.15, -0.1) is 0 Å². The number of phenolic OH excluding ortho intramolecular Hbond substituents is 1. The average Bonchev–Trinajstić information content (AvgIpc) is 3.62. The van der Waals surface area contributed by atoms with Crippen LogP contribution in [-0.2, 0) is 14.2 Å². The smallest absolute Gasteiger partial charge is 0.199 e. The number of hydrogen-bond acceptors (Lipinski definition) is 5. The van der Waals surface area contributed by atoms with Crippen molar-refractivity contribution in [1.29, 1.82) is 0 Å². The largest absolute Gasteiger partial charge is 0.508 e. The van der Waals surface area contributed by atoms with Crippen molar-refractivity contribution >= 4 is 43.6 Å². The minimum absolute atomic E-state index is 0.0768. The summed E-state index contributed by atoms with van der Waals surface area (Å²) in [6.07, 6.45) is 10.1. The lowest BCUT2D eigenvalue weighted by Gasteiger charge is -2.26. The SMILES string of the molecule is Oc1ccc2c3ccccc3n(C3CCCCO3)c2c1.c1ccc2c(c1)c1ccc(OC3CCCCO3)cc1n2C1CCCCO1. The highest BCUT2D eigenvalue weighted by atomic mass is 16.7. The van der Waals surface area contributed by atoms with Crippen LogP contribution < -0.4 is 4.74 Å². The zero-order valence-electron chi connectivity index (χ0n) is 26.3. The molecule has 0 saturated carbocycles. The van der Waals surface area contributed by atoms with Gasteiger partial charge in [-0.05, 0) is 87.8 Å².